The fraction of sp³-hybridized carbons (Fsp3) is 0.0588. The van der Waals surface area contributed by atoms with Crippen LogP contribution in [0.1, 0.15) is 35.2 Å². The van der Waals surface area contributed by atoms with Gasteiger partial charge in [0.1, 0.15) is 11.2 Å². The van der Waals surface area contributed by atoms with Crippen LogP contribution < -0.4 is 16.0 Å². The minimum Gasteiger partial charge on any atom is -0.455 e. The molecule has 4 heterocycles. The zero-order valence-electron chi connectivity index (χ0n) is 30.8. The van der Waals surface area contributed by atoms with Crippen molar-refractivity contribution in [3.63, 3.8) is 0 Å². The van der Waals surface area contributed by atoms with Crippen LogP contribution in [-0.2, 0) is 0 Å². The summed E-state index contributed by atoms with van der Waals surface area (Å²) >= 11 is 1.86. The third-order valence-corrected chi connectivity index (χ3v) is 13.0. The van der Waals surface area contributed by atoms with E-state index < -0.39 is 0 Å². The van der Waals surface area contributed by atoms with E-state index >= 15 is 0 Å². The van der Waals surface area contributed by atoms with Crippen molar-refractivity contribution in [2.75, 3.05) is 0 Å². The Kier molecular flexibility index (Phi) is 7.46. The smallest absolute Gasteiger partial charge is 0.143 e. The van der Waals surface area contributed by atoms with Gasteiger partial charge in [0.2, 0.25) is 0 Å². The fourth-order valence-corrected chi connectivity index (χ4v) is 10.4. The number of nitrogens with zero attached hydrogens (tertiary/aromatic N) is 1. The molecule has 2 atom stereocenters. The number of fused-ring (bicyclic) bond motifs is 9. The van der Waals surface area contributed by atoms with Crippen LogP contribution in [0, 0.1) is 0 Å². The highest BCUT2D eigenvalue weighted by Crippen LogP contribution is 2.45. The molecule has 0 amide bonds. The van der Waals surface area contributed by atoms with Crippen molar-refractivity contribution in [2.45, 2.75) is 18.5 Å². The van der Waals surface area contributed by atoms with Gasteiger partial charge in [-0.2, -0.15) is 0 Å². The Balaban J connectivity index is 0.993. The molecule has 0 bridgehead atoms. The summed E-state index contributed by atoms with van der Waals surface area (Å²) in [6.45, 7) is 0. The minimum atomic E-state index is -0.149. The second-order valence-corrected chi connectivity index (χ2v) is 16.0. The van der Waals surface area contributed by atoms with Gasteiger partial charge in [-0.1, -0.05) is 146 Å². The molecule has 6 heteroatoms. The molecule has 3 N–H and O–H groups in total. The molecule has 1 fully saturated rings. The molecule has 1 saturated heterocycles. The topological polar surface area (TPSA) is 54.2 Å². The highest BCUT2D eigenvalue weighted by atomic mass is 32.1. The zero-order chi connectivity index (χ0) is 37.5. The highest BCUT2D eigenvalue weighted by molar-refractivity contribution is 7.26. The van der Waals surface area contributed by atoms with E-state index in [1.807, 2.05) is 11.3 Å². The SMILES string of the molecule is c1ccc(C2NC(c3ccccc3)NC(c3cccc4oc5c(-c6cccc7c6sc6ccc(-n8c9ccccc9c9ccccc98)cc67)cccc5c34)N2)cc1. The number of furan rings is 1. The van der Waals surface area contributed by atoms with Gasteiger partial charge in [0, 0.05) is 58.5 Å². The maximum absolute atomic E-state index is 6.90. The van der Waals surface area contributed by atoms with Crippen molar-refractivity contribution in [1.29, 1.82) is 0 Å². The molecule has 0 radical (unpaired) electrons. The third-order valence-electron chi connectivity index (χ3n) is 11.7. The van der Waals surface area contributed by atoms with Gasteiger partial charge < -0.3 is 8.98 Å². The molecule has 12 rings (SSSR count). The van der Waals surface area contributed by atoms with Crippen molar-refractivity contribution in [3.8, 4) is 16.8 Å². The monoisotopic (exact) mass is 752 g/mol. The second-order valence-electron chi connectivity index (χ2n) is 15.0. The van der Waals surface area contributed by atoms with Gasteiger partial charge in [-0.05, 0) is 53.1 Å². The number of nitrogens with one attached hydrogen (secondary N) is 3. The van der Waals surface area contributed by atoms with Gasteiger partial charge >= 0.3 is 0 Å². The summed E-state index contributed by atoms with van der Waals surface area (Å²) in [4.78, 5) is 0. The van der Waals surface area contributed by atoms with Gasteiger partial charge in [0.25, 0.3) is 0 Å². The maximum Gasteiger partial charge on any atom is 0.143 e. The second kappa shape index (κ2) is 13.0. The molecule has 1 aliphatic rings. The van der Waals surface area contributed by atoms with Gasteiger partial charge in [0.05, 0.1) is 29.5 Å². The summed E-state index contributed by atoms with van der Waals surface area (Å²) < 4.78 is 11.8. The molecule has 57 heavy (non-hydrogen) atoms. The van der Waals surface area contributed by atoms with E-state index in [1.165, 1.54) is 64.4 Å². The van der Waals surface area contributed by atoms with Crippen molar-refractivity contribution in [3.05, 3.63) is 199 Å². The lowest BCUT2D eigenvalue weighted by Crippen LogP contribution is -2.54. The first kappa shape index (κ1) is 32.7. The first-order valence-electron chi connectivity index (χ1n) is 19.5. The number of hydrogen-bond donors (Lipinski definition) is 3. The largest absolute Gasteiger partial charge is 0.455 e. The van der Waals surface area contributed by atoms with Gasteiger partial charge in [0.15, 0.2) is 0 Å². The molecule has 272 valence electrons. The Bertz CT molecular complexity index is 3210. The Labute approximate surface area is 332 Å². The van der Waals surface area contributed by atoms with Gasteiger partial charge in [-0.15, -0.1) is 11.3 Å². The quantitative estimate of drug-likeness (QED) is 0.164. The van der Waals surface area contributed by atoms with E-state index in [4.69, 9.17) is 4.42 Å². The predicted octanol–water partition coefficient (Wildman–Crippen LogP) is 12.9. The molecule has 1 aliphatic heterocycles. The molecule has 5 nitrogen and oxygen atoms in total. The number of rotatable bonds is 5. The predicted molar refractivity (Wildman–Crippen MR) is 237 cm³/mol. The van der Waals surface area contributed by atoms with E-state index in [2.05, 4.69) is 203 Å². The first-order chi connectivity index (χ1) is 28.3. The lowest BCUT2D eigenvalue weighted by Gasteiger charge is -2.39. The van der Waals surface area contributed by atoms with Crippen molar-refractivity contribution in [2.24, 2.45) is 0 Å². The molecule has 3 aromatic heterocycles. The third kappa shape index (κ3) is 5.19. The van der Waals surface area contributed by atoms with Crippen LogP contribution in [0.2, 0.25) is 0 Å². The van der Waals surface area contributed by atoms with Crippen LogP contribution in [0.4, 0.5) is 0 Å². The van der Waals surface area contributed by atoms with Crippen LogP contribution in [-0.4, -0.2) is 4.57 Å². The van der Waals surface area contributed by atoms with Crippen LogP contribution in [0.5, 0.6) is 0 Å². The Morgan fingerprint density at radius 3 is 1.74 bits per heavy atom. The average Bonchev–Trinajstić information content (AvgIpc) is 3.96. The molecule has 0 spiro atoms. The van der Waals surface area contributed by atoms with Crippen LogP contribution in [0.25, 0.3) is 80.7 Å². The summed E-state index contributed by atoms with van der Waals surface area (Å²) in [6.07, 6.45) is -0.273. The standard InChI is InChI=1S/C51H36N4OS/c1-3-14-31(15-4-1)49-52-50(32-16-5-2-6-17-32)54-51(53-49)40-24-13-27-44-46(40)39-23-11-20-36(47(39)56-44)37-21-12-22-38-41-30-33(28-29-45(41)57-48(37)38)55-42-25-9-7-18-34(42)35-19-8-10-26-43(35)55/h1-30,49-54H. The van der Waals surface area contributed by atoms with Crippen LogP contribution in [0.15, 0.2) is 186 Å². The van der Waals surface area contributed by atoms with Crippen LogP contribution >= 0.6 is 11.3 Å². The fourth-order valence-electron chi connectivity index (χ4n) is 9.17. The Hall–Kier alpha value is -6.54. The normalized spacial score (nSPS) is 17.4. The molecule has 0 aliphatic carbocycles. The molecule has 0 saturated carbocycles. The molecular formula is C51H36N4OS. The Morgan fingerprint density at radius 1 is 0.456 bits per heavy atom. The van der Waals surface area contributed by atoms with Crippen molar-refractivity contribution in [1.82, 2.24) is 20.5 Å². The molecule has 2 unspecified atom stereocenters. The number of aromatic nitrogens is 1. The van der Waals surface area contributed by atoms with Crippen molar-refractivity contribution < 1.29 is 4.42 Å². The summed E-state index contributed by atoms with van der Waals surface area (Å²) in [7, 11) is 0. The van der Waals surface area contributed by atoms with Gasteiger partial charge in [-0.25, -0.2) is 0 Å². The Morgan fingerprint density at radius 2 is 1.04 bits per heavy atom. The molecule has 11 aromatic rings. The zero-order valence-corrected chi connectivity index (χ0v) is 31.6. The maximum atomic E-state index is 6.90. The minimum absolute atomic E-state index is 0.0623. The first-order valence-corrected chi connectivity index (χ1v) is 20.3. The summed E-state index contributed by atoms with van der Waals surface area (Å²) in [5.74, 6) is 0. The number of para-hydroxylation sites is 3. The molecule has 8 aromatic carbocycles. The number of hydrogen-bond acceptors (Lipinski definition) is 5. The van der Waals surface area contributed by atoms with E-state index in [9.17, 15) is 0 Å². The van der Waals surface area contributed by atoms with E-state index in [1.54, 1.807) is 0 Å². The average molecular weight is 753 g/mol. The van der Waals surface area contributed by atoms with E-state index in [0.29, 0.717) is 0 Å². The van der Waals surface area contributed by atoms with Crippen LogP contribution in [0.3, 0.4) is 0 Å². The highest BCUT2D eigenvalue weighted by Gasteiger charge is 2.31. The van der Waals surface area contributed by atoms with E-state index in [-0.39, 0.29) is 18.5 Å². The van der Waals surface area contributed by atoms with Crippen molar-refractivity contribution >= 4 is 75.3 Å². The lowest BCUT2D eigenvalue weighted by molar-refractivity contribution is 0.204. The lowest BCUT2D eigenvalue weighted by atomic mass is 9.97. The summed E-state index contributed by atoms with van der Waals surface area (Å²) in [5, 5.41) is 18.9. The molecular weight excluding hydrogens is 717 g/mol. The number of benzene rings is 8. The van der Waals surface area contributed by atoms with E-state index in [0.717, 1.165) is 33.1 Å². The number of thiophene rings is 1. The summed E-state index contributed by atoms with van der Waals surface area (Å²) in [6, 6.07) is 65.3. The summed E-state index contributed by atoms with van der Waals surface area (Å²) in [5.41, 5.74) is 11.2. The van der Waals surface area contributed by atoms with Gasteiger partial charge in [-0.3, -0.25) is 16.0 Å².